The summed E-state index contributed by atoms with van der Waals surface area (Å²) in [7, 11) is 0. The molecule has 132 valence electrons. The zero-order valence-corrected chi connectivity index (χ0v) is 12.8. The van der Waals surface area contributed by atoms with Gasteiger partial charge in [-0.05, 0) is 24.6 Å². The van der Waals surface area contributed by atoms with E-state index in [1.54, 1.807) is 0 Å². The van der Waals surface area contributed by atoms with Crippen LogP contribution in [0.1, 0.15) is 22.8 Å². The lowest BCUT2D eigenvalue weighted by Gasteiger charge is -2.07. The summed E-state index contributed by atoms with van der Waals surface area (Å²) >= 11 is 0. The molecule has 0 fully saturated rings. The average Bonchev–Trinajstić information content (AvgIpc) is 3.02. The zero-order valence-electron chi connectivity index (χ0n) is 12.8. The molecule has 0 bridgehead atoms. The Kier molecular flexibility index (Phi) is 3.94. The highest BCUT2D eigenvalue weighted by atomic mass is 19.4. The van der Waals surface area contributed by atoms with E-state index in [4.69, 9.17) is 0 Å². The van der Waals surface area contributed by atoms with E-state index in [1.165, 1.54) is 31.2 Å². The average molecular weight is 356 g/mol. The molecule has 3 rings (SSSR count). The molecule has 0 saturated heterocycles. The van der Waals surface area contributed by atoms with Crippen molar-refractivity contribution < 1.29 is 27.1 Å². The Labute approximate surface area is 138 Å². The van der Waals surface area contributed by atoms with Crippen molar-refractivity contribution in [2.75, 3.05) is 0 Å². The standard InChI is InChI=1S/C16H12F4N2O3/c1-8-6-12(13(25-8)16(18,19)20)22-14(23)11(21-15(22)24)7-9-2-4-10(17)5-3-9/h2-6,23H,7H2,1H3,(H,21,24). The molecule has 2 N–H and O–H groups in total. The van der Waals surface area contributed by atoms with E-state index in [0.29, 0.717) is 10.1 Å². The van der Waals surface area contributed by atoms with Crippen LogP contribution in [-0.4, -0.2) is 14.7 Å². The second-order valence-electron chi connectivity index (χ2n) is 5.44. The van der Waals surface area contributed by atoms with Crippen LogP contribution < -0.4 is 5.69 Å². The molecule has 0 aliphatic heterocycles. The van der Waals surface area contributed by atoms with E-state index in [0.717, 1.165) is 6.07 Å². The second-order valence-corrected chi connectivity index (χ2v) is 5.44. The van der Waals surface area contributed by atoms with Gasteiger partial charge in [-0.15, -0.1) is 0 Å². The quantitative estimate of drug-likeness (QED) is 0.706. The van der Waals surface area contributed by atoms with Crippen LogP contribution in [0.2, 0.25) is 0 Å². The molecule has 0 spiro atoms. The normalized spacial score (nSPS) is 11.9. The molecular weight excluding hydrogens is 344 g/mol. The van der Waals surface area contributed by atoms with Crippen LogP contribution in [0.15, 0.2) is 39.5 Å². The van der Waals surface area contributed by atoms with Crippen LogP contribution in [0.3, 0.4) is 0 Å². The topological polar surface area (TPSA) is 71.2 Å². The predicted molar refractivity (Wildman–Crippen MR) is 79.3 cm³/mol. The third-order valence-electron chi connectivity index (χ3n) is 3.57. The summed E-state index contributed by atoms with van der Waals surface area (Å²) < 4.78 is 57.3. The van der Waals surface area contributed by atoms with Gasteiger partial charge in [0.15, 0.2) is 0 Å². The van der Waals surface area contributed by atoms with Crippen molar-refractivity contribution in [3.63, 3.8) is 0 Å². The van der Waals surface area contributed by atoms with Crippen LogP contribution in [0, 0.1) is 12.7 Å². The molecule has 0 aliphatic carbocycles. The molecule has 0 atom stereocenters. The van der Waals surface area contributed by atoms with Crippen molar-refractivity contribution >= 4 is 0 Å². The first-order valence-electron chi connectivity index (χ1n) is 7.12. The van der Waals surface area contributed by atoms with Crippen LogP contribution in [0.25, 0.3) is 5.69 Å². The molecule has 1 aromatic carbocycles. The van der Waals surface area contributed by atoms with Gasteiger partial charge in [-0.25, -0.2) is 13.8 Å². The maximum Gasteiger partial charge on any atom is 0.451 e. The highest BCUT2D eigenvalue weighted by Crippen LogP contribution is 2.37. The summed E-state index contributed by atoms with van der Waals surface area (Å²) in [6.45, 7) is 1.30. The van der Waals surface area contributed by atoms with E-state index in [-0.39, 0.29) is 17.9 Å². The Balaban J connectivity index is 2.07. The van der Waals surface area contributed by atoms with Gasteiger partial charge in [0, 0.05) is 12.5 Å². The monoisotopic (exact) mass is 356 g/mol. The first-order valence-corrected chi connectivity index (χ1v) is 7.12. The molecule has 2 aromatic heterocycles. The predicted octanol–water partition coefficient (Wildman–Crippen LogP) is 3.52. The van der Waals surface area contributed by atoms with Gasteiger partial charge in [-0.1, -0.05) is 12.1 Å². The number of nitrogens with one attached hydrogen (secondary N) is 1. The summed E-state index contributed by atoms with van der Waals surface area (Å²) in [6, 6.07) is 6.28. The minimum Gasteiger partial charge on any atom is -0.493 e. The van der Waals surface area contributed by atoms with Crippen molar-refractivity contribution in [1.29, 1.82) is 0 Å². The lowest BCUT2D eigenvalue weighted by Crippen LogP contribution is -2.17. The number of aromatic nitrogens is 2. The lowest BCUT2D eigenvalue weighted by atomic mass is 10.1. The van der Waals surface area contributed by atoms with Gasteiger partial charge in [0.1, 0.15) is 17.3 Å². The number of furan rings is 1. The Morgan fingerprint density at radius 1 is 1.24 bits per heavy atom. The van der Waals surface area contributed by atoms with Crippen LogP contribution in [0.5, 0.6) is 5.88 Å². The molecule has 9 heteroatoms. The fourth-order valence-corrected chi connectivity index (χ4v) is 2.50. The molecule has 5 nitrogen and oxygen atoms in total. The maximum atomic E-state index is 13.1. The summed E-state index contributed by atoms with van der Waals surface area (Å²) in [4.78, 5) is 14.4. The number of nitrogens with zero attached hydrogens (tertiary/aromatic N) is 1. The molecule has 0 unspecified atom stereocenters. The summed E-state index contributed by atoms with van der Waals surface area (Å²) in [5, 5.41) is 10.2. The molecule has 0 radical (unpaired) electrons. The number of H-pyrrole nitrogens is 1. The number of hydrogen-bond donors (Lipinski definition) is 2. The van der Waals surface area contributed by atoms with Gasteiger partial charge in [-0.2, -0.15) is 13.2 Å². The Bertz CT molecular complexity index is 965. The first-order chi connectivity index (χ1) is 11.7. The SMILES string of the molecule is Cc1cc(-n2c(O)c(Cc3ccc(F)cc3)[nH]c2=O)c(C(F)(F)F)o1. The number of aryl methyl sites for hydroxylation is 1. The van der Waals surface area contributed by atoms with E-state index < -0.39 is 35.0 Å². The van der Waals surface area contributed by atoms with Gasteiger partial charge < -0.3 is 14.5 Å². The van der Waals surface area contributed by atoms with E-state index in [2.05, 4.69) is 9.40 Å². The number of benzene rings is 1. The highest BCUT2D eigenvalue weighted by molar-refractivity contribution is 5.44. The van der Waals surface area contributed by atoms with Crippen molar-refractivity contribution in [2.45, 2.75) is 19.5 Å². The first kappa shape index (κ1) is 16.9. The van der Waals surface area contributed by atoms with Gasteiger partial charge in [0.05, 0.1) is 5.69 Å². The molecule has 2 heterocycles. The number of halogens is 4. The number of imidazole rings is 1. The van der Waals surface area contributed by atoms with E-state index in [9.17, 15) is 27.5 Å². The molecule has 0 saturated carbocycles. The van der Waals surface area contributed by atoms with Gasteiger partial charge in [-0.3, -0.25) is 0 Å². The smallest absolute Gasteiger partial charge is 0.451 e. The molecule has 0 aliphatic rings. The lowest BCUT2D eigenvalue weighted by molar-refractivity contribution is -0.153. The number of hydrogen-bond acceptors (Lipinski definition) is 3. The molecular formula is C16H12F4N2O3. The Morgan fingerprint density at radius 3 is 2.48 bits per heavy atom. The summed E-state index contributed by atoms with van der Waals surface area (Å²) in [5.41, 5.74) is -0.983. The fourth-order valence-electron chi connectivity index (χ4n) is 2.50. The molecule has 25 heavy (non-hydrogen) atoms. The molecule has 0 amide bonds. The number of alkyl halides is 3. The summed E-state index contributed by atoms with van der Waals surface area (Å²) in [6.07, 6.45) is -4.82. The van der Waals surface area contributed by atoms with Crippen molar-refractivity contribution in [3.05, 3.63) is 69.4 Å². The zero-order chi connectivity index (χ0) is 18.4. The maximum absolute atomic E-state index is 13.1. The fraction of sp³-hybridized carbons (Fsp3) is 0.188. The molecule has 3 aromatic rings. The van der Waals surface area contributed by atoms with Gasteiger partial charge >= 0.3 is 11.9 Å². The van der Waals surface area contributed by atoms with Crippen LogP contribution >= 0.6 is 0 Å². The summed E-state index contributed by atoms with van der Waals surface area (Å²) in [5.74, 6) is -2.56. The largest absolute Gasteiger partial charge is 0.493 e. The number of rotatable bonds is 3. The Morgan fingerprint density at radius 2 is 1.88 bits per heavy atom. The third kappa shape index (κ3) is 3.17. The number of aromatic amines is 1. The van der Waals surface area contributed by atoms with E-state index in [1.807, 2.05) is 0 Å². The van der Waals surface area contributed by atoms with Crippen molar-refractivity contribution in [3.8, 4) is 11.6 Å². The van der Waals surface area contributed by atoms with Crippen LogP contribution in [-0.2, 0) is 12.6 Å². The van der Waals surface area contributed by atoms with Gasteiger partial charge in [0.25, 0.3) is 0 Å². The van der Waals surface area contributed by atoms with Crippen molar-refractivity contribution in [1.82, 2.24) is 9.55 Å². The minimum atomic E-state index is -4.83. The second kappa shape index (κ2) is 5.83. The highest BCUT2D eigenvalue weighted by Gasteiger charge is 2.40. The Hall–Kier alpha value is -2.97. The number of aromatic hydroxyl groups is 1. The van der Waals surface area contributed by atoms with Crippen LogP contribution in [0.4, 0.5) is 17.6 Å². The van der Waals surface area contributed by atoms with Crippen molar-refractivity contribution in [2.24, 2.45) is 0 Å². The van der Waals surface area contributed by atoms with Gasteiger partial charge in [0.2, 0.25) is 11.6 Å². The van der Waals surface area contributed by atoms with E-state index >= 15 is 0 Å². The minimum absolute atomic E-state index is 0.00332. The third-order valence-corrected chi connectivity index (χ3v) is 3.57.